The molecular formula is C23H23F2N5O5S. The van der Waals surface area contributed by atoms with Crippen LogP contribution in [0.3, 0.4) is 0 Å². The van der Waals surface area contributed by atoms with Crippen molar-refractivity contribution in [2.24, 2.45) is 7.05 Å². The fraction of sp³-hybridized carbons (Fsp3) is 0.261. The van der Waals surface area contributed by atoms with Crippen LogP contribution in [-0.4, -0.2) is 58.0 Å². The molecule has 2 heterocycles. The number of aryl methyl sites for hydroxylation is 1. The number of aromatic nitrogens is 5. The van der Waals surface area contributed by atoms with Crippen LogP contribution in [0, 0.1) is 11.6 Å². The largest absolute Gasteiger partial charge is 0.494 e. The number of nitrogens with zero attached hydrogens (tertiary/aromatic N) is 5. The zero-order valence-corrected chi connectivity index (χ0v) is 20.4. The topological polar surface area (TPSA) is 121 Å². The van der Waals surface area contributed by atoms with Gasteiger partial charge in [-0.15, -0.1) is 10.2 Å². The number of hydrogen-bond acceptors (Lipinski definition) is 8. The first-order valence-corrected chi connectivity index (χ1v) is 12.4. The van der Waals surface area contributed by atoms with Crippen molar-refractivity contribution in [2.75, 3.05) is 20.0 Å². The number of sulfone groups is 1. The van der Waals surface area contributed by atoms with E-state index >= 15 is 0 Å². The van der Waals surface area contributed by atoms with E-state index in [1.165, 1.54) is 18.8 Å². The smallest absolute Gasteiger partial charge is 0.189 e. The van der Waals surface area contributed by atoms with Gasteiger partial charge in [-0.2, -0.15) is 5.10 Å². The number of benzene rings is 2. The Morgan fingerprint density at radius 1 is 1.06 bits per heavy atom. The van der Waals surface area contributed by atoms with Crippen LogP contribution in [0.4, 0.5) is 8.78 Å². The van der Waals surface area contributed by atoms with Gasteiger partial charge < -0.3 is 14.6 Å². The van der Waals surface area contributed by atoms with Gasteiger partial charge in [-0.25, -0.2) is 17.2 Å². The van der Waals surface area contributed by atoms with Crippen LogP contribution in [-0.2, 0) is 22.6 Å². The summed E-state index contributed by atoms with van der Waals surface area (Å²) >= 11 is 0. The summed E-state index contributed by atoms with van der Waals surface area (Å²) in [4.78, 5) is 0. The maximum absolute atomic E-state index is 14.1. The zero-order valence-electron chi connectivity index (χ0n) is 19.6. The van der Waals surface area contributed by atoms with E-state index < -0.39 is 39.1 Å². The first kappa shape index (κ1) is 25.3. The van der Waals surface area contributed by atoms with Gasteiger partial charge in [-0.05, 0) is 24.3 Å². The molecule has 0 aliphatic carbocycles. The summed E-state index contributed by atoms with van der Waals surface area (Å²) < 4.78 is 67.5. The van der Waals surface area contributed by atoms with Crippen LogP contribution in [0.1, 0.15) is 17.5 Å². The zero-order chi connectivity index (χ0) is 26.0. The highest BCUT2D eigenvalue weighted by Crippen LogP contribution is 2.36. The molecular weight excluding hydrogens is 496 g/mol. The Labute approximate surface area is 205 Å². The molecule has 0 saturated carbocycles. The van der Waals surface area contributed by atoms with Gasteiger partial charge >= 0.3 is 0 Å². The molecule has 1 atom stereocenters. The Hall–Kier alpha value is -3.84. The summed E-state index contributed by atoms with van der Waals surface area (Å²) in [5, 5.41) is 23.0. The van der Waals surface area contributed by atoms with Crippen molar-refractivity contribution in [1.29, 1.82) is 0 Å². The molecule has 0 radical (unpaired) electrons. The molecule has 0 amide bonds. The molecule has 4 rings (SSSR count). The van der Waals surface area contributed by atoms with Crippen LogP contribution >= 0.6 is 0 Å². The highest BCUT2D eigenvalue weighted by Gasteiger charge is 2.28. The monoisotopic (exact) mass is 519 g/mol. The number of aliphatic hydroxyl groups is 1. The molecule has 4 aromatic rings. The Bertz CT molecular complexity index is 1480. The van der Waals surface area contributed by atoms with Crippen LogP contribution < -0.4 is 9.47 Å². The van der Waals surface area contributed by atoms with Gasteiger partial charge in [0.1, 0.15) is 40.3 Å². The lowest BCUT2D eigenvalue weighted by atomic mass is 10.1. The van der Waals surface area contributed by atoms with E-state index in [4.69, 9.17) is 9.47 Å². The van der Waals surface area contributed by atoms with Gasteiger partial charge in [0.05, 0.1) is 26.1 Å². The summed E-state index contributed by atoms with van der Waals surface area (Å²) in [5.74, 6) is -2.43. The first-order valence-electron chi connectivity index (χ1n) is 10.6. The van der Waals surface area contributed by atoms with Crippen LogP contribution in [0.2, 0.25) is 0 Å². The van der Waals surface area contributed by atoms with E-state index in [1.807, 2.05) is 0 Å². The molecule has 2 aromatic carbocycles. The lowest BCUT2D eigenvalue weighted by molar-refractivity contribution is 0.196. The SMILES string of the molecule is COc1cccc(OC)c1-n1c(CS(=O)(=O)C[C@H](O)c2ccc(F)cc2F)nnc1-c1ccn(C)n1. The van der Waals surface area contributed by atoms with E-state index in [0.29, 0.717) is 28.9 Å². The van der Waals surface area contributed by atoms with Crippen LogP contribution in [0.15, 0.2) is 48.7 Å². The second-order valence-electron chi connectivity index (χ2n) is 7.90. The van der Waals surface area contributed by atoms with Crippen LogP contribution in [0.25, 0.3) is 17.2 Å². The third-order valence-corrected chi connectivity index (χ3v) is 6.90. The minimum absolute atomic E-state index is 0.00905. The highest BCUT2D eigenvalue weighted by atomic mass is 32.2. The van der Waals surface area contributed by atoms with E-state index in [1.54, 1.807) is 42.2 Å². The average Bonchev–Trinajstić information content (AvgIpc) is 3.43. The van der Waals surface area contributed by atoms with Crippen molar-refractivity contribution in [3.05, 3.63) is 71.7 Å². The highest BCUT2D eigenvalue weighted by molar-refractivity contribution is 7.90. The third kappa shape index (κ3) is 5.06. The lowest BCUT2D eigenvalue weighted by Crippen LogP contribution is -2.19. The molecule has 10 nitrogen and oxygen atoms in total. The minimum Gasteiger partial charge on any atom is -0.494 e. The fourth-order valence-corrected chi connectivity index (χ4v) is 5.11. The van der Waals surface area contributed by atoms with Gasteiger partial charge in [-0.3, -0.25) is 9.25 Å². The second-order valence-corrected chi connectivity index (χ2v) is 10.0. The quantitative estimate of drug-likeness (QED) is 0.358. The van der Waals surface area contributed by atoms with Gasteiger partial charge in [0.2, 0.25) is 0 Å². The number of rotatable bonds is 9. The number of methoxy groups -OCH3 is 2. The summed E-state index contributed by atoms with van der Waals surface area (Å²) in [7, 11) is 0.537. The van der Waals surface area contributed by atoms with E-state index in [-0.39, 0.29) is 17.2 Å². The Balaban J connectivity index is 1.78. The lowest BCUT2D eigenvalue weighted by Gasteiger charge is -2.17. The summed E-state index contributed by atoms with van der Waals surface area (Å²) in [6.07, 6.45) is -0.0271. The first-order chi connectivity index (χ1) is 17.1. The van der Waals surface area contributed by atoms with Crippen molar-refractivity contribution in [2.45, 2.75) is 11.9 Å². The average molecular weight is 520 g/mol. The molecule has 13 heteroatoms. The van der Waals surface area contributed by atoms with Crippen molar-refractivity contribution in [1.82, 2.24) is 24.5 Å². The molecule has 0 spiro atoms. The molecule has 0 aliphatic rings. The van der Waals surface area contributed by atoms with Gasteiger partial charge in [0.25, 0.3) is 0 Å². The maximum Gasteiger partial charge on any atom is 0.189 e. The molecule has 0 aliphatic heterocycles. The van der Waals surface area contributed by atoms with Crippen LogP contribution in [0.5, 0.6) is 11.5 Å². The molecule has 0 saturated heterocycles. The number of para-hydroxylation sites is 1. The predicted molar refractivity (Wildman–Crippen MR) is 125 cm³/mol. The minimum atomic E-state index is -4.08. The second kappa shape index (κ2) is 10.0. The van der Waals surface area contributed by atoms with E-state index in [9.17, 15) is 22.3 Å². The summed E-state index contributed by atoms with van der Waals surface area (Å²) in [5.41, 5.74) is 0.431. The van der Waals surface area contributed by atoms with E-state index in [0.717, 1.165) is 12.1 Å². The number of halogens is 2. The molecule has 2 aromatic heterocycles. The van der Waals surface area contributed by atoms with Crippen molar-refractivity contribution in [3.63, 3.8) is 0 Å². The molecule has 0 bridgehead atoms. The number of aliphatic hydroxyl groups excluding tert-OH is 1. The van der Waals surface area contributed by atoms with Gasteiger partial charge in [-0.1, -0.05) is 12.1 Å². The summed E-state index contributed by atoms with van der Waals surface area (Å²) in [6.45, 7) is 0. The van der Waals surface area contributed by atoms with Crippen molar-refractivity contribution in [3.8, 4) is 28.7 Å². The Morgan fingerprint density at radius 3 is 2.33 bits per heavy atom. The standard InChI is InChI=1S/C23H23F2N5O5S/c1-29-10-9-17(28-29)23-27-26-21(30(23)22-19(34-2)5-4-6-20(22)35-3)13-36(32,33)12-18(31)15-8-7-14(24)11-16(15)25/h4-11,18,31H,12-13H2,1-3H3/t18-/m0/s1. The molecule has 0 unspecified atom stereocenters. The third-order valence-electron chi connectivity index (χ3n) is 5.38. The molecule has 190 valence electrons. The predicted octanol–water partition coefficient (Wildman–Crippen LogP) is 2.61. The van der Waals surface area contributed by atoms with E-state index in [2.05, 4.69) is 15.3 Å². The molecule has 0 fully saturated rings. The van der Waals surface area contributed by atoms with Gasteiger partial charge in [0.15, 0.2) is 21.5 Å². The molecule has 36 heavy (non-hydrogen) atoms. The Kier molecular flexibility index (Phi) is 7.04. The summed E-state index contributed by atoms with van der Waals surface area (Å²) in [6, 6.07) is 9.25. The Morgan fingerprint density at radius 2 is 1.75 bits per heavy atom. The fourth-order valence-electron chi connectivity index (χ4n) is 3.75. The number of hydrogen-bond donors (Lipinski definition) is 1. The maximum atomic E-state index is 14.1. The molecule has 1 N–H and O–H groups in total. The number of ether oxygens (including phenoxy) is 2. The van der Waals surface area contributed by atoms with Crippen molar-refractivity contribution >= 4 is 9.84 Å². The van der Waals surface area contributed by atoms with Crippen molar-refractivity contribution < 1.29 is 31.8 Å². The van der Waals surface area contributed by atoms with Gasteiger partial charge in [0, 0.05) is 24.9 Å². The normalized spacial score (nSPS) is 12.5.